The van der Waals surface area contributed by atoms with Crippen LogP contribution in [0.3, 0.4) is 0 Å². The third kappa shape index (κ3) is 4.09. The van der Waals surface area contributed by atoms with Gasteiger partial charge in [-0.25, -0.2) is 4.79 Å². The standard InChI is InChI=1S/C21H21NO6/c1-12-7-17(21-13(2)9-20(24)28-18(21)8-12)27-11-19(23)22-15-6-5-14(25-3)10-16(15)26-4/h5-10H,11H2,1-4H3,(H,22,23). The van der Waals surface area contributed by atoms with E-state index in [1.54, 1.807) is 44.4 Å². The molecule has 1 aromatic heterocycles. The maximum Gasteiger partial charge on any atom is 0.336 e. The molecular weight excluding hydrogens is 362 g/mol. The largest absolute Gasteiger partial charge is 0.497 e. The van der Waals surface area contributed by atoms with Crippen LogP contribution in [-0.4, -0.2) is 26.7 Å². The minimum absolute atomic E-state index is 0.216. The molecule has 7 heteroatoms. The molecule has 0 saturated heterocycles. The number of anilines is 1. The van der Waals surface area contributed by atoms with Crippen molar-refractivity contribution in [3.63, 3.8) is 0 Å². The van der Waals surface area contributed by atoms with Crippen LogP contribution < -0.4 is 25.2 Å². The fourth-order valence-corrected chi connectivity index (χ4v) is 2.92. The molecule has 2 aromatic carbocycles. The molecule has 0 aliphatic carbocycles. The van der Waals surface area contributed by atoms with Crippen LogP contribution in [0, 0.1) is 13.8 Å². The van der Waals surface area contributed by atoms with E-state index in [-0.39, 0.29) is 12.5 Å². The quantitative estimate of drug-likeness (QED) is 0.656. The summed E-state index contributed by atoms with van der Waals surface area (Å²) in [5.41, 5.74) is 2.09. The Morgan fingerprint density at radius 1 is 1.04 bits per heavy atom. The molecule has 0 spiro atoms. The Labute approximate surface area is 161 Å². The van der Waals surface area contributed by atoms with Crippen molar-refractivity contribution in [1.82, 2.24) is 0 Å². The summed E-state index contributed by atoms with van der Waals surface area (Å²) in [7, 11) is 3.06. The van der Waals surface area contributed by atoms with E-state index >= 15 is 0 Å². The second-order valence-corrected chi connectivity index (χ2v) is 6.29. The number of carbonyl (C=O) groups is 1. The molecule has 0 fully saturated rings. The molecule has 1 amide bonds. The van der Waals surface area contributed by atoms with Crippen LogP contribution in [0.1, 0.15) is 11.1 Å². The van der Waals surface area contributed by atoms with Crippen LogP contribution in [0.25, 0.3) is 11.0 Å². The van der Waals surface area contributed by atoms with Gasteiger partial charge in [-0.15, -0.1) is 0 Å². The van der Waals surface area contributed by atoms with Gasteiger partial charge in [0.2, 0.25) is 0 Å². The zero-order valence-corrected chi connectivity index (χ0v) is 16.1. The SMILES string of the molecule is COc1ccc(NC(=O)COc2cc(C)cc3oc(=O)cc(C)c23)c(OC)c1. The zero-order valence-electron chi connectivity index (χ0n) is 16.1. The lowest BCUT2D eigenvalue weighted by molar-refractivity contribution is -0.118. The molecule has 7 nitrogen and oxygen atoms in total. The first-order valence-electron chi connectivity index (χ1n) is 8.61. The van der Waals surface area contributed by atoms with Crippen LogP contribution in [-0.2, 0) is 4.79 Å². The third-order valence-electron chi connectivity index (χ3n) is 4.19. The molecule has 0 aliphatic heterocycles. The van der Waals surface area contributed by atoms with E-state index in [1.807, 2.05) is 6.92 Å². The number of aryl methyl sites for hydroxylation is 2. The molecule has 0 bridgehead atoms. The van der Waals surface area contributed by atoms with Crippen LogP contribution >= 0.6 is 0 Å². The number of amides is 1. The predicted octanol–water partition coefficient (Wildman–Crippen LogP) is 3.44. The number of ether oxygens (including phenoxy) is 3. The normalized spacial score (nSPS) is 10.6. The maximum atomic E-state index is 12.4. The number of nitrogens with one attached hydrogen (secondary N) is 1. The van der Waals surface area contributed by atoms with Gasteiger partial charge in [0.05, 0.1) is 25.3 Å². The Kier molecular flexibility index (Phi) is 5.54. The van der Waals surface area contributed by atoms with Gasteiger partial charge in [-0.2, -0.15) is 0 Å². The lowest BCUT2D eigenvalue weighted by Crippen LogP contribution is -2.20. The summed E-state index contributed by atoms with van der Waals surface area (Å²) in [5.74, 6) is 1.22. The number of fused-ring (bicyclic) bond motifs is 1. The first kappa shape index (κ1) is 19.3. The average Bonchev–Trinajstić information content (AvgIpc) is 2.65. The minimum Gasteiger partial charge on any atom is -0.497 e. The first-order chi connectivity index (χ1) is 13.4. The van der Waals surface area contributed by atoms with Gasteiger partial charge in [0, 0.05) is 12.1 Å². The van der Waals surface area contributed by atoms with Gasteiger partial charge >= 0.3 is 5.63 Å². The molecular formula is C21H21NO6. The zero-order chi connectivity index (χ0) is 20.3. The Bertz CT molecular complexity index is 1090. The van der Waals surface area contributed by atoms with Crippen molar-refractivity contribution < 1.29 is 23.4 Å². The smallest absolute Gasteiger partial charge is 0.336 e. The average molecular weight is 383 g/mol. The third-order valence-corrected chi connectivity index (χ3v) is 4.19. The van der Waals surface area contributed by atoms with Gasteiger partial charge in [0.15, 0.2) is 6.61 Å². The molecule has 0 radical (unpaired) electrons. The van der Waals surface area contributed by atoms with Crippen LogP contribution in [0.2, 0.25) is 0 Å². The highest BCUT2D eigenvalue weighted by molar-refractivity contribution is 5.94. The van der Waals surface area contributed by atoms with E-state index < -0.39 is 5.63 Å². The molecule has 0 saturated carbocycles. The summed E-state index contributed by atoms with van der Waals surface area (Å²) < 4.78 is 21.4. The molecule has 0 atom stereocenters. The van der Waals surface area contributed by atoms with Crippen molar-refractivity contribution in [3.05, 3.63) is 57.9 Å². The number of methoxy groups -OCH3 is 2. The Balaban J connectivity index is 1.79. The summed E-state index contributed by atoms with van der Waals surface area (Å²) >= 11 is 0. The fraction of sp³-hybridized carbons (Fsp3) is 0.238. The van der Waals surface area contributed by atoms with Gasteiger partial charge in [-0.1, -0.05) is 0 Å². The van der Waals surface area contributed by atoms with Crippen molar-refractivity contribution in [2.24, 2.45) is 0 Å². The number of carbonyl (C=O) groups excluding carboxylic acids is 1. The topological polar surface area (TPSA) is 87.0 Å². The molecule has 1 N–H and O–H groups in total. The second kappa shape index (κ2) is 8.04. The van der Waals surface area contributed by atoms with E-state index in [4.69, 9.17) is 18.6 Å². The van der Waals surface area contributed by atoms with Crippen molar-refractivity contribution >= 4 is 22.6 Å². The fourth-order valence-electron chi connectivity index (χ4n) is 2.92. The summed E-state index contributed by atoms with van der Waals surface area (Å²) in [6, 6.07) is 10.0. The highest BCUT2D eigenvalue weighted by atomic mass is 16.5. The molecule has 146 valence electrons. The van der Waals surface area contributed by atoms with Gasteiger partial charge in [-0.05, 0) is 49.2 Å². The van der Waals surface area contributed by atoms with Crippen molar-refractivity contribution in [2.45, 2.75) is 13.8 Å². The summed E-state index contributed by atoms with van der Waals surface area (Å²) in [4.78, 5) is 24.0. The van der Waals surface area contributed by atoms with E-state index in [9.17, 15) is 9.59 Å². The van der Waals surface area contributed by atoms with E-state index in [2.05, 4.69) is 5.32 Å². The molecule has 28 heavy (non-hydrogen) atoms. The Hall–Kier alpha value is -3.48. The van der Waals surface area contributed by atoms with E-state index in [0.717, 1.165) is 11.1 Å². The van der Waals surface area contributed by atoms with Gasteiger partial charge in [0.25, 0.3) is 5.91 Å². The van der Waals surface area contributed by atoms with Crippen LogP contribution in [0.15, 0.2) is 45.6 Å². The van der Waals surface area contributed by atoms with Crippen LogP contribution in [0.4, 0.5) is 5.69 Å². The predicted molar refractivity (Wildman–Crippen MR) is 106 cm³/mol. The molecule has 1 heterocycles. The lowest BCUT2D eigenvalue weighted by Gasteiger charge is -2.13. The lowest BCUT2D eigenvalue weighted by atomic mass is 10.1. The van der Waals surface area contributed by atoms with Crippen molar-refractivity contribution in [1.29, 1.82) is 0 Å². The highest BCUT2D eigenvalue weighted by Gasteiger charge is 2.13. The molecule has 3 aromatic rings. The first-order valence-corrected chi connectivity index (χ1v) is 8.61. The van der Waals surface area contributed by atoms with Gasteiger partial charge in [0.1, 0.15) is 22.8 Å². The Morgan fingerprint density at radius 2 is 1.82 bits per heavy atom. The summed E-state index contributed by atoms with van der Waals surface area (Å²) in [5, 5.41) is 3.42. The summed E-state index contributed by atoms with van der Waals surface area (Å²) in [6.07, 6.45) is 0. The van der Waals surface area contributed by atoms with E-state index in [0.29, 0.717) is 33.9 Å². The highest BCUT2D eigenvalue weighted by Crippen LogP contribution is 2.30. The maximum absolute atomic E-state index is 12.4. The molecule has 0 aliphatic rings. The number of rotatable bonds is 6. The second-order valence-electron chi connectivity index (χ2n) is 6.29. The number of hydrogen-bond acceptors (Lipinski definition) is 6. The number of hydrogen-bond donors (Lipinski definition) is 1. The van der Waals surface area contributed by atoms with E-state index in [1.165, 1.54) is 13.2 Å². The summed E-state index contributed by atoms with van der Waals surface area (Å²) in [6.45, 7) is 3.44. The van der Waals surface area contributed by atoms with Gasteiger partial charge in [-0.3, -0.25) is 4.79 Å². The van der Waals surface area contributed by atoms with Crippen LogP contribution in [0.5, 0.6) is 17.2 Å². The van der Waals surface area contributed by atoms with Crippen molar-refractivity contribution in [2.75, 3.05) is 26.1 Å². The van der Waals surface area contributed by atoms with Crippen molar-refractivity contribution in [3.8, 4) is 17.2 Å². The molecule has 0 unspecified atom stereocenters. The minimum atomic E-state index is -0.425. The molecule has 3 rings (SSSR count). The van der Waals surface area contributed by atoms with Gasteiger partial charge < -0.3 is 23.9 Å². The Morgan fingerprint density at radius 3 is 2.54 bits per heavy atom. The number of benzene rings is 2. The monoisotopic (exact) mass is 383 g/mol.